The molecule has 6 heteroatoms. The topological polar surface area (TPSA) is 93.1 Å². The molecule has 0 saturated carbocycles. The van der Waals surface area contributed by atoms with Crippen molar-refractivity contribution in [3.8, 4) is 5.75 Å². The predicted octanol–water partition coefficient (Wildman–Crippen LogP) is 2.36. The maximum absolute atomic E-state index is 11.3. The highest BCUT2D eigenvalue weighted by atomic mass is 16.5. The average Bonchev–Trinajstić information content (AvgIpc) is 2.97. The summed E-state index contributed by atoms with van der Waals surface area (Å²) in [6, 6.07) is 3.43. The van der Waals surface area contributed by atoms with Gasteiger partial charge in [-0.1, -0.05) is 12.1 Å². The first-order valence-corrected chi connectivity index (χ1v) is 8.22. The van der Waals surface area contributed by atoms with Gasteiger partial charge in [0.15, 0.2) is 5.78 Å². The molecule has 25 heavy (non-hydrogen) atoms. The van der Waals surface area contributed by atoms with Crippen LogP contribution in [0.3, 0.4) is 0 Å². The van der Waals surface area contributed by atoms with Gasteiger partial charge in [0.05, 0.1) is 12.7 Å². The molecule has 1 aromatic carbocycles. The number of allylic oxidation sites excluding steroid dienone is 1. The third-order valence-corrected chi connectivity index (χ3v) is 4.25. The summed E-state index contributed by atoms with van der Waals surface area (Å²) in [7, 11) is 0. The van der Waals surface area contributed by atoms with Crippen LogP contribution in [0.4, 0.5) is 0 Å². The Kier molecular flexibility index (Phi) is 6.33. The Bertz CT molecular complexity index is 691. The third kappa shape index (κ3) is 4.90. The lowest BCUT2D eigenvalue weighted by Crippen LogP contribution is -2.20. The van der Waals surface area contributed by atoms with Gasteiger partial charge in [-0.25, -0.2) is 0 Å². The van der Waals surface area contributed by atoms with Crippen molar-refractivity contribution in [2.24, 2.45) is 0 Å². The summed E-state index contributed by atoms with van der Waals surface area (Å²) in [5, 5.41) is 19.9. The number of ketones is 1. The molecule has 1 aromatic rings. The van der Waals surface area contributed by atoms with Gasteiger partial charge in [-0.3, -0.25) is 9.59 Å². The lowest BCUT2D eigenvalue weighted by atomic mass is 9.92. The van der Waals surface area contributed by atoms with E-state index in [9.17, 15) is 19.8 Å². The van der Waals surface area contributed by atoms with E-state index in [1.807, 2.05) is 19.1 Å². The Morgan fingerprint density at radius 1 is 1.36 bits per heavy atom. The molecule has 0 bridgehead atoms. The summed E-state index contributed by atoms with van der Waals surface area (Å²) in [6.07, 6.45) is 1.16. The van der Waals surface area contributed by atoms with Crippen molar-refractivity contribution in [1.29, 1.82) is 0 Å². The molecule has 0 aromatic heterocycles. The van der Waals surface area contributed by atoms with Crippen LogP contribution in [0.5, 0.6) is 5.75 Å². The number of esters is 1. The summed E-state index contributed by atoms with van der Waals surface area (Å²) in [5.41, 5.74) is 3.39. The minimum absolute atomic E-state index is 0.152. The van der Waals surface area contributed by atoms with Crippen LogP contribution in [0.25, 0.3) is 0 Å². The van der Waals surface area contributed by atoms with Gasteiger partial charge in [0.1, 0.15) is 18.5 Å². The molecular weight excluding hydrogens is 324 g/mol. The number of Topliss-reactive ketones (excluding diaryl/α,β-unsaturated/α-hetero) is 1. The summed E-state index contributed by atoms with van der Waals surface area (Å²) in [5.74, 6) is -0.486. The van der Waals surface area contributed by atoms with Crippen LogP contribution >= 0.6 is 0 Å². The maximum Gasteiger partial charge on any atom is 0.302 e. The summed E-state index contributed by atoms with van der Waals surface area (Å²) >= 11 is 0. The van der Waals surface area contributed by atoms with Crippen LogP contribution in [0.1, 0.15) is 50.0 Å². The van der Waals surface area contributed by atoms with Crippen molar-refractivity contribution >= 4 is 11.8 Å². The summed E-state index contributed by atoms with van der Waals surface area (Å²) in [4.78, 5) is 22.2. The predicted molar refractivity (Wildman–Crippen MR) is 91.0 cm³/mol. The van der Waals surface area contributed by atoms with Gasteiger partial charge in [-0.15, -0.1) is 0 Å². The van der Waals surface area contributed by atoms with E-state index in [1.54, 1.807) is 6.07 Å². The largest absolute Gasteiger partial charge is 0.508 e. The fraction of sp³-hybridized carbons (Fsp3) is 0.474. The molecule has 1 heterocycles. The molecule has 0 spiro atoms. The van der Waals surface area contributed by atoms with Crippen LogP contribution in [0.2, 0.25) is 0 Å². The number of carbonyl (C=O) groups is 2. The molecule has 0 fully saturated rings. The zero-order chi connectivity index (χ0) is 18.6. The molecule has 0 radical (unpaired) electrons. The van der Waals surface area contributed by atoms with Crippen LogP contribution in [0, 0.1) is 0 Å². The van der Waals surface area contributed by atoms with Gasteiger partial charge < -0.3 is 19.7 Å². The van der Waals surface area contributed by atoms with Crippen molar-refractivity contribution in [2.75, 3.05) is 6.61 Å². The number of phenolic OH excluding ortho intramolecular Hbond substituents is 1. The Balaban J connectivity index is 2.20. The Hall–Kier alpha value is -2.18. The SMILES string of the molecule is CC(=O)OCC(C)=CCc1ccc(O)c2c1C(CC(O)C(C)=O)OC2. The van der Waals surface area contributed by atoms with E-state index in [2.05, 4.69) is 0 Å². The summed E-state index contributed by atoms with van der Waals surface area (Å²) in [6.45, 7) is 5.06. The number of ether oxygens (including phenoxy) is 2. The number of aliphatic hydroxyl groups is 1. The normalized spacial score (nSPS) is 17.9. The Labute approximate surface area is 147 Å². The number of aromatic hydroxyl groups is 1. The molecule has 6 nitrogen and oxygen atoms in total. The monoisotopic (exact) mass is 348 g/mol. The van der Waals surface area contributed by atoms with Gasteiger partial charge in [-0.05, 0) is 43.0 Å². The standard InChI is InChI=1S/C19H24O6/c1-11(9-24-13(3)21)4-5-14-6-7-16(22)15-10-25-18(19(14)15)8-17(23)12(2)20/h4,6-7,17-18,22-23H,5,8-10H2,1-3H3. The minimum Gasteiger partial charge on any atom is -0.508 e. The van der Waals surface area contributed by atoms with Crippen LogP contribution in [-0.2, 0) is 32.1 Å². The Morgan fingerprint density at radius 3 is 2.72 bits per heavy atom. The molecule has 1 aliphatic heterocycles. The molecular formula is C19H24O6. The van der Waals surface area contributed by atoms with E-state index < -0.39 is 12.2 Å². The molecule has 2 atom stereocenters. The lowest BCUT2D eigenvalue weighted by Gasteiger charge is -2.17. The molecule has 0 aliphatic carbocycles. The van der Waals surface area contributed by atoms with Gasteiger partial charge >= 0.3 is 5.97 Å². The average molecular weight is 348 g/mol. The van der Waals surface area contributed by atoms with Gasteiger partial charge in [0.2, 0.25) is 0 Å². The van der Waals surface area contributed by atoms with Crippen molar-refractivity contribution in [1.82, 2.24) is 0 Å². The number of hydrogen-bond acceptors (Lipinski definition) is 6. The maximum atomic E-state index is 11.3. The molecule has 0 saturated heterocycles. The molecule has 1 aliphatic rings. The van der Waals surface area contributed by atoms with Gasteiger partial charge in [0.25, 0.3) is 0 Å². The third-order valence-electron chi connectivity index (χ3n) is 4.25. The van der Waals surface area contributed by atoms with Crippen LogP contribution in [-0.4, -0.2) is 34.7 Å². The zero-order valence-electron chi connectivity index (χ0n) is 14.7. The number of benzene rings is 1. The van der Waals surface area contributed by atoms with Crippen molar-refractivity contribution < 1.29 is 29.3 Å². The number of rotatable bonds is 7. The van der Waals surface area contributed by atoms with E-state index in [4.69, 9.17) is 9.47 Å². The van der Waals surface area contributed by atoms with E-state index in [1.165, 1.54) is 13.8 Å². The molecule has 2 N–H and O–H groups in total. The highest BCUT2D eigenvalue weighted by Gasteiger charge is 2.31. The van der Waals surface area contributed by atoms with E-state index in [0.29, 0.717) is 12.0 Å². The minimum atomic E-state index is -1.09. The number of hydrogen-bond donors (Lipinski definition) is 2. The highest BCUT2D eigenvalue weighted by molar-refractivity contribution is 5.80. The highest BCUT2D eigenvalue weighted by Crippen LogP contribution is 2.41. The number of carbonyl (C=O) groups excluding carboxylic acids is 2. The van der Waals surface area contributed by atoms with Crippen LogP contribution in [0.15, 0.2) is 23.8 Å². The second-order valence-electron chi connectivity index (χ2n) is 6.33. The number of aliphatic hydroxyl groups excluding tert-OH is 1. The first kappa shape index (κ1) is 19.1. The van der Waals surface area contributed by atoms with E-state index in [-0.39, 0.29) is 37.1 Å². The fourth-order valence-corrected chi connectivity index (χ4v) is 2.81. The first-order valence-electron chi connectivity index (χ1n) is 8.22. The Morgan fingerprint density at radius 2 is 2.08 bits per heavy atom. The van der Waals surface area contributed by atoms with Gasteiger partial charge in [-0.2, -0.15) is 0 Å². The van der Waals surface area contributed by atoms with E-state index in [0.717, 1.165) is 16.7 Å². The fourth-order valence-electron chi connectivity index (χ4n) is 2.81. The molecule has 2 unspecified atom stereocenters. The van der Waals surface area contributed by atoms with Crippen molar-refractivity contribution in [2.45, 2.75) is 52.4 Å². The first-order chi connectivity index (χ1) is 11.8. The molecule has 2 rings (SSSR count). The van der Waals surface area contributed by atoms with Gasteiger partial charge in [0, 0.05) is 18.9 Å². The quantitative estimate of drug-likeness (QED) is 0.580. The van der Waals surface area contributed by atoms with E-state index >= 15 is 0 Å². The summed E-state index contributed by atoms with van der Waals surface area (Å²) < 4.78 is 10.7. The number of fused-ring (bicyclic) bond motifs is 1. The molecule has 0 amide bonds. The van der Waals surface area contributed by atoms with Crippen molar-refractivity contribution in [3.05, 3.63) is 40.5 Å². The van der Waals surface area contributed by atoms with Crippen LogP contribution < -0.4 is 0 Å². The molecule has 136 valence electrons. The smallest absolute Gasteiger partial charge is 0.302 e. The lowest BCUT2D eigenvalue weighted by molar-refractivity contribution is -0.140. The van der Waals surface area contributed by atoms with Crippen molar-refractivity contribution in [3.63, 3.8) is 0 Å². The zero-order valence-corrected chi connectivity index (χ0v) is 14.7. The second-order valence-corrected chi connectivity index (χ2v) is 6.33. The number of phenols is 1. The second kappa shape index (κ2) is 8.27.